The second-order valence-electron chi connectivity index (χ2n) is 5.81. The Balaban J connectivity index is 1.68. The molecule has 1 aliphatic heterocycles. The molecular formula is C14H26ClNO. The van der Waals surface area contributed by atoms with Crippen LogP contribution in [0.25, 0.3) is 0 Å². The summed E-state index contributed by atoms with van der Waals surface area (Å²) in [6, 6.07) is 0. The molecule has 100 valence electrons. The second kappa shape index (κ2) is 6.96. The van der Waals surface area contributed by atoms with Crippen LogP contribution in [0.3, 0.4) is 0 Å². The number of nitrogens with one attached hydrogen (secondary N) is 1. The molecule has 0 aromatic heterocycles. The van der Waals surface area contributed by atoms with Crippen molar-refractivity contribution in [2.45, 2.75) is 57.5 Å². The molecule has 1 saturated heterocycles. The van der Waals surface area contributed by atoms with E-state index in [2.05, 4.69) is 5.32 Å². The molecule has 2 rings (SSSR count). The Bertz CT molecular complexity index is 210. The average molecular weight is 260 g/mol. The lowest BCUT2D eigenvalue weighted by Crippen LogP contribution is -2.41. The van der Waals surface area contributed by atoms with E-state index in [0.29, 0.717) is 11.5 Å². The quantitative estimate of drug-likeness (QED) is 0.765. The molecule has 1 heterocycles. The van der Waals surface area contributed by atoms with Crippen molar-refractivity contribution in [3.8, 4) is 0 Å². The zero-order valence-electron chi connectivity index (χ0n) is 10.8. The van der Waals surface area contributed by atoms with Crippen LogP contribution in [0.15, 0.2) is 0 Å². The summed E-state index contributed by atoms with van der Waals surface area (Å²) in [5, 5.41) is 3.61. The van der Waals surface area contributed by atoms with Crippen molar-refractivity contribution in [1.29, 1.82) is 0 Å². The second-order valence-corrected chi connectivity index (χ2v) is 6.08. The lowest BCUT2D eigenvalue weighted by molar-refractivity contribution is 0.0150. The van der Waals surface area contributed by atoms with Crippen molar-refractivity contribution in [3.05, 3.63) is 0 Å². The van der Waals surface area contributed by atoms with Gasteiger partial charge in [-0.1, -0.05) is 19.3 Å². The number of halogens is 1. The summed E-state index contributed by atoms with van der Waals surface area (Å²) in [7, 11) is 0. The maximum Gasteiger partial charge on any atom is 0.0699 e. The maximum absolute atomic E-state index is 6.19. The van der Waals surface area contributed by atoms with Gasteiger partial charge in [0.05, 0.1) is 6.10 Å². The van der Waals surface area contributed by atoms with Gasteiger partial charge in [-0.25, -0.2) is 0 Å². The summed E-state index contributed by atoms with van der Waals surface area (Å²) >= 11 is 6.19. The molecule has 0 aromatic rings. The number of ether oxygens (including phenoxy) is 1. The van der Waals surface area contributed by atoms with E-state index in [-0.39, 0.29) is 0 Å². The molecule has 0 amide bonds. The summed E-state index contributed by atoms with van der Waals surface area (Å²) < 4.78 is 5.74. The van der Waals surface area contributed by atoms with Gasteiger partial charge in [-0.3, -0.25) is 0 Å². The zero-order valence-corrected chi connectivity index (χ0v) is 11.6. The van der Waals surface area contributed by atoms with Crippen LogP contribution in [0.4, 0.5) is 0 Å². The van der Waals surface area contributed by atoms with Crippen molar-refractivity contribution in [2.75, 3.05) is 25.6 Å². The largest absolute Gasteiger partial charge is 0.377 e. The van der Waals surface area contributed by atoms with Crippen molar-refractivity contribution in [1.82, 2.24) is 5.32 Å². The molecule has 0 aromatic carbocycles. The molecule has 1 saturated carbocycles. The summed E-state index contributed by atoms with van der Waals surface area (Å²) in [6.45, 7) is 3.04. The van der Waals surface area contributed by atoms with E-state index >= 15 is 0 Å². The SMILES string of the molecule is ClCC1(CNCC2CCCCO2)CCCCC1. The van der Waals surface area contributed by atoms with Gasteiger partial charge in [-0.2, -0.15) is 0 Å². The highest BCUT2D eigenvalue weighted by Gasteiger charge is 2.30. The standard InChI is InChI=1S/C14H26ClNO/c15-11-14(7-3-1-4-8-14)12-16-10-13-6-2-5-9-17-13/h13,16H,1-12H2. The highest BCUT2D eigenvalue weighted by Crippen LogP contribution is 2.36. The van der Waals surface area contributed by atoms with Gasteiger partial charge in [0, 0.05) is 25.6 Å². The van der Waals surface area contributed by atoms with Crippen molar-refractivity contribution < 1.29 is 4.74 Å². The van der Waals surface area contributed by atoms with E-state index in [1.807, 2.05) is 0 Å². The van der Waals surface area contributed by atoms with Gasteiger partial charge in [-0.05, 0) is 37.5 Å². The predicted molar refractivity (Wildman–Crippen MR) is 72.7 cm³/mol. The minimum Gasteiger partial charge on any atom is -0.377 e. The highest BCUT2D eigenvalue weighted by atomic mass is 35.5. The van der Waals surface area contributed by atoms with Gasteiger partial charge >= 0.3 is 0 Å². The number of hydrogen-bond acceptors (Lipinski definition) is 2. The normalized spacial score (nSPS) is 29.1. The Kier molecular flexibility index (Phi) is 5.58. The maximum atomic E-state index is 6.19. The van der Waals surface area contributed by atoms with Gasteiger partial charge in [0.25, 0.3) is 0 Å². The third kappa shape index (κ3) is 4.11. The van der Waals surface area contributed by atoms with E-state index in [0.717, 1.165) is 25.6 Å². The monoisotopic (exact) mass is 259 g/mol. The van der Waals surface area contributed by atoms with Crippen molar-refractivity contribution in [3.63, 3.8) is 0 Å². The minimum absolute atomic E-state index is 0.370. The van der Waals surface area contributed by atoms with Gasteiger partial charge in [0.2, 0.25) is 0 Å². The summed E-state index contributed by atoms with van der Waals surface area (Å²) in [4.78, 5) is 0. The first-order chi connectivity index (χ1) is 8.35. The minimum atomic E-state index is 0.370. The smallest absolute Gasteiger partial charge is 0.0699 e. The molecule has 17 heavy (non-hydrogen) atoms. The van der Waals surface area contributed by atoms with Crippen LogP contribution in [-0.4, -0.2) is 31.7 Å². The molecule has 0 radical (unpaired) electrons. The fourth-order valence-corrected chi connectivity index (χ4v) is 3.49. The number of alkyl halides is 1. The lowest BCUT2D eigenvalue weighted by Gasteiger charge is -2.36. The molecule has 1 atom stereocenters. The first kappa shape index (κ1) is 13.6. The zero-order chi connectivity index (χ0) is 12.0. The van der Waals surface area contributed by atoms with Gasteiger partial charge in [0.15, 0.2) is 0 Å². The van der Waals surface area contributed by atoms with E-state index in [9.17, 15) is 0 Å². The van der Waals surface area contributed by atoms with Crippen LogP contribution in [0.2, 0.25) is 0 Å². The van der Waals surface area contributed by atoms with E-state index in [1.54, 1.807) is 0 Å². The molecule has 0 spiro atoms. The highest BCUT2D eigenvalue weighted by molar-refractivity contribution is 6.18. The molecule has 2 aliphatic rings. The van der Waals surface area contributed by atoms with Gasteiger partial charge < -0.3 is 10.1 Å². The lowest BCUT2D eigenvalue weighted by atomic mass is 9.75. The first-order valence-electron chi connectivity index (χ1n) is 7.23. The fourth-order valence-electron chi connectivity index (χ4n) is 3.13. The van der Waals surface area contributed by atoms with Gasteiger partial charge in [0.1, 0.15) is 0 Å². The Hall–Kier alpha value is 0.210. The van der Waals surface area contributed by atoms with E-state index in [4.69, 9.17) is 16.3 Å². The summed E-state index contributed by atoms with van der Waals surface area (Å²) in [5.41, 5.74) is 0.370. The molecule has 2 fully saturated rings. The Morgan fingerprint density at radius 2 is 1.94 bits per heavy atom. The molecule has 1 N–H and O–H groups in total. The Morgan fingerprint density at radius 1 is 1.12 bits per heavy atom. The fraction of sp³-hybridized carbons (Fsp3) is 1.00. The number of hydrogen-bond donors (Lipinski definition) is 1. The third-order valence-corrected chi connectivity index (χ3v) is 4.91. The van der Waals surface area contributed by atoms with Crippen molar-refractivity contribution in [2.24, 2.45) is 5.41 Å². The van der Waals surface area contributed by atoms with Gasteiger partial charge in [-0.15, -0.1) is 11.6 Å². The third-order valence-electron chi connectivity index (χ3n) is 4.34. The van der Waals surface area contributed by atoms with Crippen molar-refractivity contribution >= 4 is 11.6 Å². The van der Waals surface area contributed by atoms with Crippen LogP contribution in [0, 0.1) is 5.41 Å². The van der Waals surface area contributed by atoms with Crippen LogP contribution in [0.1, 0.15) is 51.4 Å². The predicted octanol–water partition coefficient (Wildman–Crippen LogP) is 3.33. The van der Waals surface area contributed by atoms with E-state index in [1.165, 1.54) is 51.4 Å². The average Bonchev–Trinajstić information content (AvgIpc) is 2.41. The molecular weight excluding hydrogens is 234 g/mol. The van der Waals surface area contributed by atoms with Crippen LogP contribution < -0.4 is 5.32 Å². The van der Waals surface area contributed by atoms with Crippen LogP contribution >= 0.6 is 11.6 Å². The molecule has 3 heteroatoms. The molecule has 0 bridgehead atoms. The van der Waals surface area contributed by atoms with E-state index < -0.39 is 0 Å². The summed E-state index contributed by atoms with van der Waals surface area (Å²) in [5.74, 6) is 0.811. The molecule has 2 nitrogen and oxygen atoms in total. The topological polar surface area (TPSA) is 21.3 Å². The van der Waals surface area contributed by atoms with Crippen LogP contribution in [-0.2, 0) is 4.74 Å². The molecule has 1 unspecified atom stereocenters. The number of rotatable bonds is 5. The molecule has 1 aliphatic carbocycles. The summed E-state index contributed by atoms with van der Waals surface area (Å²) in [6.07, 6.45) is 10.9. The van der Waals surface area contributed by atoms with Crippen LogP contribution in [0.5, 0.6) is 0 Å². The first-order valence-corrected chi connectivity index (χ1v) is 7.76. The Morgan fingerprint density at radius 3 is 2.59 bits per heavy atom. The Labute approximate surface area is 110 Å².